The Morgan fingerprint density at radius 3 is 2.07 bits per heavy atom. The first-order chi connectivity index (χ1) is 13.3. The van der Waals surface area contributed by atoms with Crippen LogP contribution in [0.3, 0.4) is 0 Å². The first kappa shape index (κ1) is 27.0. The summed E-state index contributed by atoms with van der Waals surface area (Å²) in [5, 5.41) is 15.4. The van der Waals surface area contributed by atoms with Gasteiger partial charge in [-0.25, -0.2) is 4.39 Å². The summed E-state index contributed by atoms with van der Waals surface area (Å²) in [6.45, 7) is 13.8. The molecule has 0 aromatic heterocycles. The molecule has 2 aromatic rings. The van der Waals surface area contributed by atoms with Gasteiger partial charge >= 0.3 is 35.6 Å². The maximum atomic E-state index is 13.6. The second-order valence-electron chi connectivity index (χ2n) is 8.74. The molecule has 0 bridgehead atoms. The number of rotatable bonds is 5. The molecule has 0 saturated heterocycles. The molecule has 0 heterocycles. The van der Waals surface area contributed by atoms with Crippen molar-refractivity contribution in [1.82, 2.24) is 0 Å². The Morgan fingerprint density at radius 2 is 1.59 bits per heavy atom. The third kappa shape index (κ3) is 8.21. The summed E-state index contributed by atoms with van der Waals surface area (Å²) < 4.78 is 13.6. The molecule has 0 spiro atoms. The average molecular weight is 524 g/mol. The van der Waals surface area contributed by atoms with Crippen molar-refractivity contribution < 1.29 is 26.5 Å². The third-order valence-electron chi connectivity index (χ3n) is 4.34. The quantitative estimate of drug-likeness (QED) is 0.344. The van der Waals surface area contributed by atoms with Gasteiger partial charge in [-0.05, 0) is 22.6 Å². The van der Waals surface area contributed by atoms with E-state index < -0.39 is 33.2 Å². The van der Waals surface area contributed by atoms with E-state index in [9.17, 15) is 9.50 Å². The van der Waals surface area contributed by atoms with Crippen molar-refractivity contribution >= 4 is 70.5 Å². The molecule has 0 saturated carbocycles. The van der Waals surface area contributed by atoms with E-state index in [1.54, 1.807) is 19.3 Å². The predicted molar refractivity (Wildman–Crippen MR) is 133 cm³/mol. The minimum atomic E-state index is -1.68. The van der Waals surface area contributed by atoms with Gasteiger partial charge < -0.3 is 5.11 Å². The molecule has 29 heavy (non-hydrogen) atoms. The van der Waals surface area contributed by atoms with Crippen LogP contribution in [0, 0.1) is 5.82 Å². The van der Waals surface area contributed by atoms with Crippen LogP contribution in [0.1, 0.15) is 5.56 Å². The molecule has 0 aliphatic rings. The molecule has 0 radical (unpaired) electrons. The Morgan fingerprint density at radius 1 is 1.00 bits per heavy atom. The van der Waals surface area contributed by atoms with E-state index >= 15 is 0 Å². The summed E-state index contributed by atoms with van der Waals surface area (Å²) in [6.07, 6.45) is 1.68. The van der Waals surface area contributed by atoms with Crippen LogP contribution in [-0.2, 0) is 17.0 Å². The molecule has 2 rings (SSSR count). The Balaban J connectivity index is 0.00000132. The zero-order chi connectivity index (χ0) is 22.4. The normalized spacial score (nSPS) is 12.3. The summed E-state index contributed by atoms with van der Waals surface area (Å²) in [5.41, 5.74) is 0.776. The van der Waals surface area contributed by atoms with Gasteiger partial charge in [0.25, 0.3) is 0 Å². The van der Waals surface area contributed by atoms with Crippen LogP contribution in [0.2, 0.25) is 39.3 Å². The van der Waals surface area contributed by atoms with Gasteiger partial charge in [-0.15, -0.1) is 0 Å². The van der Waals surface area contributed by atoms with Crippen molar-refractivity contribution in [2.24, 2.45) is 4.99 Å². The van der Waals surface area contributed by atoms with Crippen molar-refractivity contribution in [1.29, 1.82) is 0 Å². The van der Waals surface area contributed by atoms with Crippen molar-refractivity contribution in [3.8, 4) is 5.75 Å². The number of halogens is 3. The van der Waals surface area contributed by atoms with E-state index in [0.717, 1.165) is 21.4 Å². The van der Waals surface area contributed by atoms with Gasteiger partial charge in [0.15, 0.2) is 0 Å². The Labute approximate surface area is 194 Å². The second-order valence-corrected chi connectivity index (χ2v) is 22.8. The Bertz CT molecular complexity index is 871. The fraction of sp³-hybridized carbons (Fsp3) is 0.350. The van der Waals surface area contributed by atoms with Crippen molar-refractivity contribution in [2.75, 3.05) is 7.05 Å². The monoisotopic (exact) mass is 523 g/mol. The predicted octanol–water partition coefficient (Wildman–Crippen LogP) is 4.68. The molecule has 1 N–H and O–H groups in total. The third-order valence-corrected chi connectivity index (χ3v) is 9.73. The molecule has 0 aliphatic heterocycles. The van der Waals surface area contributed by atoms with E-state index in [0.29, 0.717) is 5.75 Å². The van der Waals surface area contributed by atoms with Crippen LogP contribution in [0.5, 0.6) is 5.75 Å². The first-order valence-electron chi connectivity index (χ1n) is 9.18. The van der Waals surface area contributed by atoms with Gasteiger partial charge in [0.1, 0.15) is 11.6 Å². The van der Waals surface area contributed by atoms with Crippen LogP contribution >= 0.6 is 27.2 Å². The fourth-order valence-corrected chi connectivity index (χ4v) is 6.99. The van der Waals surface area contributed by atoms with Gasteiger partial charge in [-0.3, -0.25) is 4.99 Å². The molecular weight excluding hydrogens is 495 g/mol. The number of hydrogen-bond acceptors (Lipinski definition) is 2. The van der Waals surface area contributed by atoms with Crippen LogP contribution in [0.4, 0.5) is 4.39 Å². The van der Waals surface area contributed by atoms with Crippen molar-refractivity contribution in [3.63, 3.8) is 0 Å². The van der Waals surface area contributed by atoms with E-state index in [4.69, 9.17) is 18.6 Å². The van der Waals surface area contributed by atoms with Crippen molar-refractivity contribution in [2.45, 2.75) is 39.3 Å². The fourth-order valence-electron chi connectivity index (χ4n) is 2.77. The van der Waals surface area contributed by atoms with Gasteiger partial charge in [0.05, 0.1) is 16.1 Å². The zero-order valence-corrected chi connectivity index (χ0v) is 24.1. The molecule has 1 unspecified atom stereocenters. The second kappa shape index (κ2) is 11.6. The summed E-state index contributed by atoms with van der Waals surface area (Å²) >= 11 is -0.556. The van der Waals surface area contributed by atoms with E-state index in [2.05, 4.69) is 56.4 Å². The molecule has 0 aliphatic carbocycles. The summed E-state index contributed by atoms with van der Waals surface area (Å²) in [6, 6.07) is 9.20. The van der Waals surface area contributed by atoms with Gasteiger partial charge in [0.2, 0.25) is 0 Å². The standard InChI is InChI=1S/C20H29FNOPSi2.2ClH.Ti/c1-22-13-14-10-15(21)8-9-17(14)24-18-11-16(25(2,3)4)12-19(20(18)23)26(5,6)7;;;/h8-13,23-24H,1-7H3;2*1H;/q;;;+2/p-2. The summed E-state index contributed by atoms with van der Waals surface area (Å²) in [5.74, 6) is 0.157. The first-order valence-corrected chi connectivity index (χ1v) is 21.5. The summed E-state index contributed by atoms with van der Waals surface area (Å²) in [7, 11) is 8.52. The van der Waals surface area contributed by atoms with Gasteiger partial charge in [-0.2, -0.15) is 0 Å². The molecule has 0 amide bonds. The molecule has 9 heteroatoms. The van der Waals surface area contributed by atoms with Crippen LogP contribution in [-0.4, -0.2) is 34.5 Å². The molecule has 158 valence electrons. The number of phenols is 1. The van der Waals surface area contributed by atoms with Crippen molar-refractivity contribution in [3.05, 3.63) is 41.7 Å². The Kier molecular flexibility index (Phi) is 10.8. The minimum absolute atomic E-state index is 0.267. The number of nitrogens with zero attached hydrogens (tertiary/aromatic N) is 1. The molecular formula is C20H29Cl2FNOPSi2Ti. The number of hydrogen-bond donors (Lipinski definition) is 1. The SMILES string of the molecule is CN=Cc1cc(F)ccc1Pc1cc([Si](C)(C)C)cc([Si](C)(C)C)c1O.[Cl][Ti][Cl]. The van der Waals surface area contributed by atoms with E-state index in [-0.39, 0.29) is 14.4 Å². The maximum absolute atomic E-state index is 13.6. The number of benzene rings is 2. The average Bonchev–Trinajstić information content (AvgIpc) is 2.57. The number of phenolic OH excluding ortho intramolecular Hbond substituents is 1. The van der Waals surface area contributed by atoms with Gasteiger partial charge in [-0.1, -0.05) is 71.2 Å². The summed E-state index contributed by atoms with van der Waals surface area (Å²) in [4.78, 5) is 4.05. The molecule has 0 fully saturated rings. The van der Waals surface area contributed by atoms with Crippen LogP contribution < -0.4 is 21.0 Å². The van der Waals surface area contributed by atoms with Crippen LogP contribution in [0.25, 0.3) is 0 Å². The molecule has 2 aromatic carbocycles. The Hall–Kier alpha value is -0.00195. The molecule has 2 nitrogen and oxygen atoms in total. The number of aromatic hydroxyl groups is 1. The van der Waals surface area contributed by atoms with Gasteiger partial charge in [0, 0.05) is 24.1 Å². The zero-order valence-electron chi connectivity index (χ0n) is 18.0. The molecule has 1 atom stereocenters. The topological polar surface area (TPSA) is 32.6 Å². The van der Waals surface area contributed by atoms with Crippen LogP contribution in [0.15, 0.2) is 35.3 Å². The number of aliphatic imine (C=N–C) groups is 1. The van der Waals surface area contributed by atoms with E-state index in [1.807, 2.05) is 0 Å². The van der Waals surface area contributed by atoms with E-state index in [1.165, 1.54) is 17.3 Å².